The molecule has 134 valence electrons. The van der Waals surface area contributed by atoms with Gasteiger partial charge in [0.25, 0.3) is 0 Å². The van der Waals surface area contributed by atoms with Gasteiger partial charge in [0.15, 0.2) is 5.11 Å². The number of halogens is 2. The van der Waals surface area contributed by atoms with E-state index >= 15 is 0 Å². The molecule has 2 rings (SSSR count). The van der Waals surface area contributed by atoms with Gasteiger partial charge in [0, 0.05) is 28.1 Å². The zero-order valence-corrected chi connectivity index (χ0v) is 17.0. The van der Waals surface area contributed by atoms with Gasteiger partial charge in [-0.2, -0.15) is 11.8 Å². The van der Waals surface area contributed by atoms with Crippen LogP contribution in [0.4, 0.5) is 5.69 Å². The maximum Gasteiger partial charge on any atom is 0.170 e. The highest BCUT2D eigenvalue weighted by Gasteiger charge is 2.06. The van der Waals surface area contributed by atoms with Crippen LogP contribution in [0.25, 0.3) is 0 Å². The van der Waals surface area contributed by atoms with Crippen molar-refractivity contribution in [3.05, 3.63) is 58.1 Å². The predicted molar refractivity (Wildman–Crippen MR) is 114 cm³/mol. The fourth-order valence-corrected chi connectivity index (χ4v) is 3.91. The summed E-state index contributed by atoms with van der Waals surface area (Å²) in [5, 5.41) is 8.35. The zero-order valence-electron chi connectivity index (χ0n) is 13.9. The van der Waals surface area contributed by atoms with E-state index in [-0.39, 0.29) is 0 Å². The molecule has 3 nitrogen and oxygen atoms in total. The van der Waals surface area contributed by atoms with Crippen LogP contribution in [-0.4, -0.2) is 24.0 Å². The SMILES string of the molecule is CCOc1ccccc1NC(=S)NCCSCc1c(Cl)cccc1Cl. The lowest BCUT2D eigenvalue weighted by Crippen LogP contribution is -2.30. The van der Waals surface area contributed by atoms with E-state index in [0.29, 0.717) is 21.8 Å². The molecule has 0 aliphatic heterocycles. The Morgan fingerprint density at radius 1 is 1.12 bits per heavy atom. The third kappa shape index (κ3) is 6.59. The maximum absolute atomic E-state index is 6.17. The lowest BCUT2D eigenvalue weighted by molar-refractivity contribution is 0.342. The van der Waals surface area contributed by atoms with Gasteiger partial charge in [-0.05, 0) is 49.0 Å². The van der Waals surface area contributed by atoms with Crippen LogP contribution in [0.1, 0.15) is 12.5 Å². The molecular formula is C18H20Cl2N2OS2. The number of thioether (sulfide) groups is 1. The molecule has 0 saturated heterocycles. The summed E-state index contributed by atoms with van der Waals surface area (Å²) in [5.41, 5.74) is 1.83. The van der Waals surface area contributed by atoms with Crippen molar-refractivity contribution in [2.45, 2.75) is 12.7 Å². The Labute approximate surface area is 168 Å². The smallest absolute Gasteiger partial charge is 0.170 e. The summed E-state index contributed by atoms with van der Waals surface area (Å²) >= 11 is 19.4. The number of thiocarbonyl (C=S) groups is 1. The van der Waals surface area contributed by atoms with Crippen molar-refractivity contribution in [2.75, 3.05) is 24.2 Å². The van der Waals surface area contributed by atoms with Gasteiger partial charge in [0.2, 0.25) is 0 Å². The normalized spacial score (nSPS) is 10.4. The van der Waals surface area contributed by atoms with Crippen molar-refractivity contribution in [1.29, 1.82) is 0 Å². The molecule has 0 unspecified atom stereocenters. The summed E-state index contributed by atoms with van der Waals surface area (Å²) in [7, 11) is 0. The average molecular weight is 415 g/mol. The minimum Gasteiger partial charge on any atom is -0.492 e. The largest absolute Gasteiger partial charge is 0.492 e. The Bertz CT molecular complexity index is 693. The van der Waals surface area contributed by atoms with Crippen molar-refractivity contribution in [3.63, 3.8) is 0 Å². The van der Waals surface area contributed by atoms with Crippen LogP contribution in [0.2, 0.25) is 10.0 Å². The molecule has 2 N–H and O–H groups in total. The fourth-order valence-electron chi connectivity index (χ4n) is 2.10. The minimum absolute atomic E-state index is 0.573. The lowest BCUT2D eigenvalue weighted by Gasteiger charge is -2.14. The van der Waals surface area contributed by atoms with Crippen LogP contribution in [0.5, 0.6) is 5.75 Å². The van der Waals surface area contributed by atoms with Crippen molar-refractivity contribution >= 4 is 58.0 Å². The highest BCUT2D eigenvalue weighted by molar-refractivity contribution is 7.98. The summed E-state index contributed by atoms with van der Waals surface area (Å²) in [6.45, 7) is 3.31. The number of para-hydroxylation sites is 2. The molecule has 0 bridgehead atoms. The van der Waals surface area contributed by atoms with E-state index in [1.165, 1.54) is 0 Å². The summed E-state index contributed by atoms with van der Waals surface area (Å²) in [5.74, 6) is 2.45. The van der Waals surface area contributed by atoms with Gasteiger partial charge in [0.1, 0.15) is 5.75 Å². The zero-order chi connectivity index (χ0) is 18.1. The highest BCUT2D eigenvalue weighted by Crippen LogP contribution is 2.28. The monoisotopic (exact) mass is 414 g/mol. The fraction of sp³-hybridized carbons (Fsp3) is 0.278. The van der Waals surface area contributed by atoms with Crippen molar-refractivity contribution in [1.82, 2.24) is 5.32 Å². The van der Waals surface area contributed by atoms with Crippen LogP contribution in [0, 0.1) is 0 Å². The van der Waals surface area contributed by atoms with Gasteiger partial charge < -0.3 is 15.4 Å². The molecular weight excluding hydrogens is 395 g/mol. The molecule has 0 aliphatic carbocycles. The molecule has 0 heterocycles. The maximum atomic E-state index is 6.17. The lowest BCUT2D eigenvalue weighted by atomic mass is 10.2. The second-order valence-electron chi connectivity index (χ2n) is 5.06. The second-order valence-corrected chi connectivity index (χ2v) is 7.39. The van der Waals surface area contributed by atoms with E-state index < -0.39 is 0 Å². The van der Waals surface area contributed by atoms with Crippen LogP contribution in [-0.2, 0) is 5.75 Å². The molecule has 0 spiro atoms. The summed E-state index contributed by atoms with van der Waals surface area (Å²) in [6, 6.07) is 13.3. The quantitative estimate of drug-likeness (QED) is 0.433. The van der Waals surface area contributed by atoms with Gasteiger partial charge in [0.05, 0.1) is 12.3 Å². The van der Waals surface area contributed by atoms with Crippen LogP contribution < -0.4 is 15.4 Å². The first-order valence-electron chi connectivity index (χ1n) is 7.89. The molecule has 0 saturated carbocycles. The minimum atomic E-state index is 0.573. The van der Waals surface area contributed by atoms with Gasteiger partial charge in [-0.1, -0.05) is 41.4 Å². The average Bonchev–Trinajstić information content (AvgIpc) is 2.59. The van der Waals surface area contributed by atoms with E-state index in [4.69, 9.17) is 40.2 Å². The molecule has 0 atom stereocenters. The van der Waals surface area contributed by atoms with E-state index in [2.05, 4.69) is 10.6 Å². The number of benzene rings is 2. The van der Waals surface area contributed by atoms with E-state index in [0.717, 1.165) is 35.1 Å². The number of ether oxygens (including phenoxy) is 1. The predicted octanol–water partition coefficient (Wildman–Crippen LogP) is 5.61. The number of rotatable bonds is 8. The van der Waals surface area contributed by atoms with Gasteiger partial charge in [-0.15, -0.1) is 0 Å². The van der Waals surface area contributed by atoms with Gasteiger partial charge in [-0.25, -0.2) is 0 Å². The van der Waals surface area contributed by atoms with Crippen molar-refractivity contribution in [3.8, 4) is 5.75 Å². The molecule has 2 aromatic rings. The first-order chi connectivity index (χ1) is 12.1. The van der Waals surface area contributed by atoms with Crippen LogP contribution in [0.15, 0.2) is 42.5 Å². The molecule has 0 amide bonds. The standard InChI is InChI=1S/C18H20Cl2N2OS2/c1-2-23-17-9-4-3-8-16(17)22-18(24)21-10-11-25-12-13-14(19)6-5-7-15(13)20/h3-9H,2,10-12H2,1H3,(H2,21,22,24). The number of hydrogen-bond donors (Lipinski definition) is 2. The topological polar surface area (TPSA) is 33.3 Å². The number of nitrogens with one attached hydrogen (secondary N) is 2. The van der Waals surface area contributed by atoms with Crippen molar-refractivity contribution < 1.29 is 4.74 Å². The first kappa shape index (κ1) is 20.2. The summed E-state index contributed by atoms with van der Waals surface area (Å²) < 4.78 is 5.57. The molecule has 0 radical (unpaired) electrons. The van der Waals surface area contributed by atoms with Crippen LogP contribution >= 0.6 is 47.2 Å². The Morgan fingerprint density at radius 2 is 1.84 bits per heavy atom. The van der Waals surface area contributed by atoms with Crippen LogP contribution in [0.3, 0.4) is 0 Å². The van der Waals surface area contributed by atoms with E-state index in [9.17, 15) is 0 Å². The molecule has 0 aromatic heterocycles. The Balaban J connectivity index is 1.72. The highest BCUT2D eigenvalue weighted by atomic mass is 35.5. The summed E-state index contributed by atoms with van der Waals surface area (Å²) in [4.78, 5) is 0. The Kier molecular flexibility index (Phi) is 8.68. The van der Waals surface area contributed by atoms with Gasteiger partial charge >= 0.3 is 0 Å². The third-order valence-corrected chi connectivity index (χ3v) is 5.22. The molecule has 0 fully saturated rings. The van der Waals surface area contributed by atoms with E-state index in [1.54, 1.807) is 11.8 Å². The Morgan fingerprint density at radius 3 is 2.56 bits per heavy atom. The summed E-state index contributed by atoms with van der Waals surface area (Å²) in [6.07, 6.45) is 0. The molecule has 25 heavy (non-hydrogen) atoms. The molecule has 0 aliphatic rings. The number of hydrogen-bond acceptors (Lipinski definition) is 3. The second kappa shape index (κ2) is 10.8. The molecule has 2 aromatic carbocycles. The molecule has 7 heteroatoms. The number of anilines is 1. The van der Waals surface area contributed by atoms with Gasteiger partial charge in [-0.3, -0.25) is 0 Å². The first-order valence-corrected chi connectivity index (χ1v) is 10.2. The van der Waals surface area contributed by atoms with Crippen molar-refractivity contribution in [2.24, 2.45) is 0 Å². The van der Waals surface area contributed by atoms with E-state index in [1.807, 2.05) is 49.4 Å². The Hall–Kier alpha value is -1.14. The third-order valence-electron chi connectivity index (χ3n) is 3.28.